The van der Waals surface area contributed by atoms with E-state index in [1.807, 2.05) is 0 Å². The van der Waals surface area contributed by atoms with Crippen molar-refractivity contribution in [3.63, 3.8) is 0 Å². The Morgan fingerprint density at radius 2 is 2.07 bits per heavy atom. The third-order valence-corrected chi connectivity index (χ3v) is 9.28. The minimum Gasteiger partial charge on any atom is -0.366 e. The van der Waals surface area contributed by atoms with Crippen LogP contribution < -0.4 is 16.6 Å². The topological polar surface area (TPSA) is 230 Å². The average molecular weight is 700 g/mol. The Bertz CT molecular complexity index is 1920. The highest BCUT2D eigenvalue weighted by atomic mass is 32.7. The fourth-order valence-electron chi connectivity index (χ4n) is 4.80. The third kappa shape index (κ3) is 6.57. The number of anilines is 1. The highest BCUT2D eigenvalue weighted by Gasteiger charge is 2.50. The molecule has 6 atom stereocenters. The summed E-state index contributed by atoms with van der Waals surface area (Å²) in [6.07, 6.45) is -3.66. The van der Waals surface area contributed by atoms with Gasteiger partial charge >= 0.3 is 6.80 Å². The maximum absolute atomic E-state index is 15.9. The molecule has 2 aliphatic heterocycles. The van der Waals surface area contributed by atoms with Crippen LogP contribution in [0.4, 0.5) is 10.3 Å². The van der Waals surface area contributed by atoms with Gasteiger partial charge in [0.05, 0.1) is 25.1 Å². The first-order valence-electron chi connectivity index (χ1n) is 13.8. The molecule has 0 saturated carbocycles. The van der Waals surface area contributed by atoms with Crippen LogP contribution in [0.1, 0.15) is 36.3 Å². The van der Waals surface area contributed by atoms with E-state index >= 15 is 4.39 Å². The predicted octanol–water partition coefficient (Wildman–Crippen LogP) is 1.99. The zero-order valence-electron chi connectivity index (χ0n) is 24.2. The molecule has 46 heavy (non-hydrogen) atoms. The van der Waals surface area contributed by atoms with Gasteiger partial charge in [0.15, 0.2) is 38.2 Å². The number of amides is 2. The number of halogens is 1. The molecule has 6 rings (SSSR count). The Morgan fingerprint density at radius 1 is 1.26 bits per heavy atom. The fourth-order valence-corrected chi connectivity index (χ4v) is 6.65. The molecule has 0 aliphatic carbocycles. The van der Waals surface area contributed by atoms with E-state index in [0.29, 0.717) is 11.2 Å². The van der Waals surface area contributed by atoms with E-state index in [-0.39, 0.29) is 48.3 Å². The molecule has 2 unspecified atom stereocenters. The average Bonchev–Trinajstić information content (AvgIpc) is 3.66. The molecule has 22 heteroatoms. The molecule has 4 aromatic heterocycles. The highest BCUT2D eigenvalue weighted by molar-refractivity contribution is 8.44. The van der Waals surface area contributed by atoms with Gasteiger partial charge in [0.2, 0.25) is 17.8 Å². The number of fused-ring (bicyclic) bond motifs is 6. The lowest BCUT2D eigenvalue weighted by Gasteiger charge is -2.24. The number of aromatic amines is 1. The van der Waals surface area contributed by atoms with Crippen molar-refractivity contribution < 1.29 is 41.4 Å². The fraction of sp³-hybridized carbons (Fsp3) is 0.458. The second-order valence-corrected chi connectivity index (χ2v) is 14.2. The zero-order valence-corrected chi connectivity index (χ0v) is 26.9. The van der Waals surface area contributed by atoms with Crippen LogP contribution in [-0.4, -0.2) is 77.5 Å². The smallest absolute Gasteiger partial charge is 0.366 e. The summed E-state index contributed by atoms with van der Waals surface area (Å²) >= 11 is 4.10. The quantitative estimate of drug-likeness (QED) is 0.177. The first-order valence-corrected chi connectivity index (χ1v) is 17.3. The minimum atomic E-state index is -4.35. The summed E-state index contributed by atoms with van der Waals surface area (Å²) in [6.45, 7) is -1.38. The number of ether oxygens (including phenoxy) is 1. The van der Waals surface area contributed by atoms with Crippen LogP contribution in [-0.2, 0) is 45.3 Å². The van der Waals surface area contributed by atoms with Crippen molar-refractivity contribution in [1.82, 2.24) is 34.1 Å². The van der Waals surface area contributed by atoms with Crippen LogP contribution in [0.3, 0.4) is 0 Å². The lowest BCUT2D eigenvalue weighted by molar-refractivity contribution is -0.118. The normalized spacial score (nSPS) is 26.6. The SMILES string of the molecule is CC(C)C(=O)Nc1nc2c(ncn2[C@@H]2O[C@@H]3COPOCCn4c(nc5cc(C(N)=O)cnc54)COP(=O)(S)O[C@@H]2[C@@H]3F)c(=O)[nH]1. The van der Waals surface area contributed by atoms with E-state index in [1.54, 1.807) is 18.4 Å². The van der Waals surface area contributed by atoms with Crippen LogP contribution in [0, 0.1) is 5.92 Å². The lowest BCUT2D eigenvalue weighted by atomic mass is 10.1. The number of H-pyrrole nitrogens is 1. The van der Waals surface area contributed by atoms with Gasteiger partial charge in [-0.2, -0.15) is 4.98 Å². The van der Waals surface area contributed by atoms with Crippen molar-refractivity contribution in [1.29, 1.82) is 0 Å². The van der Waals surface area contributed by atoms with Crippen molar-refractivity contribution in [2.24, 2.45) is 11.7 Å². The van der Waals surface area contributed by atoms with Gasteiger partial charge in [-0.15, -0.1) is 0 Å². The lowest BCUT2D eigenvalue weighted by Crippen LogP contribution is -2.31. The molecule has 18 nitrogen and oxygen atoms in total. The summed E-state index contributed by atoms with van der Waals surface area (Å²) in [5.74, 6) is -1.44. The van der Waals surface area contributed by atoms with E-state index in [4.69, 9.17) is 28.6 Å². The number of pyridine rings is 1. The van der Waals surface area contributed by atoms with Gasteiger partial charge in [-0.05, 0) is 6.07 Å². The number of nitrogens with two attached hydrogens (primary N) is 1. The Balaban J connectivity index is 1.33. The van der Waals surface area contributed by atoms with Crippen molar-refractivity contribution in [3.8, 4) is 0 Å². The highest BCUT2D eigenvalue weighted by Crippen LogP contribution is 2.57. The number of nitrogens with zero attached hydrogens (tertiary/aromatic N) is 6. The molecule has 0 spiro atoms. The second kappa shape index (κ2) is 13.0. The standard InChI is InChI=1S/C24H28FN9O9P2S/c1-10(2)21(36)31-24-30-20-16(22(37)32-24)28-9-34(20)23-17-15(25)13(42-23)7-40-44-39-4-3-33-14(8-41-45(38,46)43-17)29-12-5-11(18(26)35)6-27-19(12)33/h5-6,9-10,13,15,17,23,44H,3-4,7-8H2,1-2H3,(H2,26,35)(H,38,46)(H2,30,31,32,36,37)/t13-,15-,17-,23-,45?/m1/s1. The summed E-state index contributed by atoms with van der Waals surface area (Å²) in [5.41, 5.74) is 5.33. The molecule has 1 saturated heterocycles. The van der Waals surface area contributed by atoms with Crippen LogP contribution in [0.2, 0.25) is 0 Å². The molecular formula is C24H28FN9O9P2S. The van der Waals surface area contributed by atoms with Gasteiger partial charge < -0.3 is 24.1 Å². The van der Waals surface area contributed by atoms with Gasteiger partial charge in [0, 0.05) is 18.7 Å². The Morgan fingerprint density at radius 3 is 2.83 bits per heavy atom. The number of primary amides is 1. The molecule has 2 aliphatic rings. The number of hydrogen-bond acceptors (Lipinski definition) is 13. The first-order chi connectivity index (χ1) is 21.9. The van der Waals surface area contributed by atoms with Crippen LogP contribution in [0.25, 0.3) is 22.3 Å². The number of carbonyl (C=O) groups excluding carboxylic acids is 2. The van der Waals surface area contributed by atoms with Crippen LogP contribution >= 0.6 is 28.1 Å². The summed E-state index contributed by atoms with van der Waals surface area (Å²) in [7, 11) is -0.504. The molecule has 246 valence electrons. The maximum atomic E-state index is 15.9. The number of carbonyl (C=O) groups is 2. The van der Waals surface area contributed by atoms with E-state index < -0.39 is 70.3 Å². The van der Waals surface area contributed by atoms with Crippen molar-refractivity contribution in [2.75, 3.05) is 18.5 Å². The summed E-state index contributed by atoms with van der Waals surface area (Å²) in [6, 6.07) is 1.45. The molecule has 0 aromatic carbocycles. The van der Waals surface area contributed by atoms with Crippen molar-refractivity contribution in [3.05, 3.63) is 40.3 Å². The van der Waals surface area contributed by atoms with E-state index in [2.05, 4.69) is 42.5 Å². The number of thiol groups is 1. The third-order valence-electron chi connectivity index (χ3n) is 7.08. The second-order valence-electron chi connectivity index (χ2n) is 10.6. The first kappa shape index (κ1) is 32.6. The number of hydrogen-bond donors (Lipinski definition) is 4. The molecule has 1 fully saturated rings. The predicted molar refractivity (Wildman–Crippen MR) is 163 cm³/mol. The van der Waals surface area contributed by atoms with Gasteiger partial charge in [-0.25, -0.2) is 23.9 Å². The van der Waals surface area contributed by atoms with E-state index in [1.165, 1.54) is 23.2 Å². The van der Waals surface area contributed by atoms with Gasteiger partial charge in [-0.3, -0.25) is 38.3 Å². The molecule has 4 N–H and O–H groups in total. The number of aromatic nitrogens is 7. The van der Waals surface area contributed by atoms with E-state index in [0.717, 1.165) is 0 Å². The maximum Gasteiger partial charge on any atom is 0.387 e. The number of rotatable bonds is 4. The van der Waals surface area contributed by atoms with Gasteiger partial charge in [0.25, 0.3) is 5.56 Å². The Labute approximate surface area is 265 Å². The van der Waals surface area contributed by atoms with Gasteiger partial charge in [0.1, 0.15) is 30.2 Å². The van der Waals surface area contributed by atoms with Crippen LogP contribution in [0.15, 0.2) is 23.4 Å². The molecule has 2 bridgehead atoms. The largest absolute Gasteiger partial charge is 0.387 e. The zero-order chi connectivity index (χ0) is 32.7. The minimum absolute atomic E-state index is 0.0683. The Kier molecular flexibility index (Phi) is 9.24. The summed E-state index contributed by atoms with van der Waals surface area (Å²) in [5, 5.41) is 2.51. The van der Waals surface area contributed by atoms with Crippen molar-refractivity contribution >= 4 is 68.2 Å². The van der Waals surface area contributed by atoms with Crippen LogP contribution in [0.5, 0.6) is 0 Å². The summed E-state index contributed by atoms with van der Waals surface area (Å²) in [4.78, 5) is 56.2. The number of nitrogens with one attached hydrogen (secondary N) is 2. The Hall–Kier alpha value is -3.35. The molecule has 0 radical (unpaired) electrons. The van der Waals surface area contributed by atoms with Crippen molar-refractivity contribution in [2.45, 2.75) is 51.6 Å². The summed E-state index contributed by atoms with van der Waals surface area (Å²) < 4.78 is 60.7. The molecular weight excluding hydrogens is 671 g/mol. The monoisotopic (exact) mass is 699 g/mol. The number of imidazole rings is 2. The van der Waals surface area contributed by atoms with E-state index in [9.17, 15) is 18.9 Å². The molecule has 6 heterocycles. The van der Waals surface area contributed by atoms with Gasteiger partial charge in [-0.1, -0.05) is 26.1 Å². The number of alkyl halides is 1. The molecule has 4 aromatic rings. The molecule has 2 amide bonds.